The molecule has 6 nitrogen and oxygen atoms in total. The van der Waals surface area contributed by atoms with E-state index < -0.39 is 0 Å². The molecule has 1 fully saturated rings. The average Bonchev–Trinajstić information content (AvgIpc) is 3.16. The van der Waals surface area contributed by atoms with Gasteiger partial charge >= 0.3 is 0 Å². The van der Waals surface area contributed by atoms with E-state index >= 15 is 0 Å². The number of amides is 1. The fourth-order valence-corrected chi connectivity index (χ4v) is 3.95. The van der Waals surface area contributed by atoms with Crippen LogP contribution in [0.25, 0.3) is 11.1 Å². The highest BCUT2D eigenvalue weighted by Crippen LogP contribution is 2.24. The van der Waals surface area contributed by atoms with Crippen molar-refractivity contribution in [2.45, 2.75) is 12.1 Å². The first-order valence-corrected chi connectivity index (χ1v) is 10.6. The Balaban J connectivity index is 1.28. The monoisotopic (exact) mass is 396 g/mol. The van der Waals surface area contributed by atoms with Crippen LogP contribution in [-0.2, 0) is 4.79 Å². The number of aromatic nitrogens is 1. The first kappa shape index (κ1) is 18.8. The number of carbonyl (C=O) groups is 1. The number of nitrogens with zero attached hydrogens (tertiary/aromatic N) is 3. The zero-order valence-corrected chi connectivity index (χ0v) is 16.7. The summed E-state index contributed by atoms with van der Waals surface area (Å²) in [5.41, 5.74) is 3.55. The molecule has 0 bridgehead atoms. The van der Waals surface area contributed by atoms with Gasteiger partial charge in [0.1, 0.15) is 5.52 Å². The number of hydrogen-bond acceptors (Lipinski definition) is 6. The second kappa shape index (κ2) is 8.67. The number of nitrogens with one attached hydrogen (secondary N) is 1. The fraction of sp³-hybridized carbons (Fsp3) is 0.333. The summed E-state index contributed by atoms with van der Waals surface area (Å²) in [6.45, 7) is 7.60. The van der Waals surface area contributed by atoms with E-state index in [0.29, 0.717) is 5.22 Å². The number of piperazine rings is 1. The van der Waals surface area contributed by atoms with Crippen molar-refractivity contribution >= 4 is 40.1 Å². The van der Waals surface area contributed by atoms with Gasteiger partial charge in [-0.05, 0) is 42.9 Å². The summed E-state index contributed by atoms with van der Waals surface area (Å²) in [7, 11) is 0. The van der Waals surface area contributed by atoms with Gasteiger partial charge in [-0.25, -0.2) is 4.98 Å². The number of likely N-dealkylation sites (N-methyl/N-ethyl adjacent to an activating group) is 1. The van der Waals surface area contributed by atoms with Crippen molar-refractivity contribution in [1.82, 2.24) is 9.88 Å². The lowest BCUT2D eigenvalue weighted by molar-refractivity contribution is -0.113. The number of benzene rings is 2. The van der Waals surface area contributed by atoms with Gasteiger partial charge in [-0.1, -0.05) is 30.8 Å². The third kappa shape index (κ3) is 4.48. The molecular formula is C21H24N4O2S. The summed E-state index contributed by atoms with van der Waals surface area (Å²) in [6, 6.07) is 15.7. The highest BCUT2D eigenvalue weighted by Gasteiger charge is 2.16. The maximum atomic E-state index is 12.2. The first-order chi connectivity index (χ1) is 13.7. The van der Waals surface area contributed by atoms with Gasteiger partial charge in [-0.2, -0.15) is 0 Å². The lowest BCUT2D eigenvalue weighted by Gasteiger charge is -2.35. The van der Waals surface area contributed by atoms with Gasteiger partial charge in [0.15, 0.2) is 5.58 Å². The predicted octanol–water partition coefficient (Wildman–Crippen LogP) is 3.70. The van der Waals surface area contributed by atoms with E-state index in [1.54, 1.807) is 0 Å². The summed E-state index contributed by atoms with van der Waals surface area (Å²) in [6.07, 6.45) is 0. The molecule has 3 aromatic rings. The smallest absolute Gasteiger partial charge is 0.257 e. The Labute approximate surface area is 168 Å². The molecule has 7 heteroatoms. The van der Waals surface area contributed by atoms with E-state index in [-0.39, 0.29) is 11.7 Å². The highest BCUT2D eigenvalue weighted by atomic mass is 32.2. The summed E-state index contributed by atoms with van der Waals surface area (Å²) in [4.78, 5) is 21.5. The Morgan fingerprint density at radius 3 is 2.57 bits per heavy atom. The molecule has 1 aliphatic heterocycles. The molecule has 4 rings (SSSR count). The molecule has 28 heavy (non-hydrogen) atoms. The van der Waals surface area contributed by atoms with Crippen LogP contribution in [-0.4, -0.2) is 54.3 Å². The van der Waals surface area contributed by atoms with Crippen molar-refractivity contribution in [2.75, 3.05) is 48.7 Å². The fourth-order valence-electron chi connectivity index (χ4n) is 3.32. The quantitative estimate of drug-likeness (QED) is 0.641. The van der Waals surface area contributed by atoms with Crippen LogP contribution in [0, 0.1) is 0 Å². The van der Waals surface area contributed by atoms with E-state index in [2.05, 4.69) is 39.2 Å². The lowest BCUT2D eigenvalue weighted by Crippen LogP contribution is -2.46. The molecule has 146 valence electrons. The largest absolute Gasteiger partial charge is 0.431 e. The van der Waals surface area contributed by atoms with Crippen molar-refractivity contribution in [3.05, 3.63) is 48.5 Å². The van der Waals surface area contributed by atoms with Crippen molar-refractivity contribution in [1.29, 1.82) is 0 Å². The van der Waals surface area contributed by atoms with Crippen LogP contribution < -0.4 is 10.2 Å². The number of thioether (sulfide) groups is 1. The third-order valence-electron chi connectivity index (χ3n) is 4.94. The van der Waals surface area contributed by atoms with E-state index in [1.807, 2.05) is 36.4 Å². The van der Waals surface area contributed by atoms with E-state index in [9.17, 15) is 4.79 Å². The van der Waals surface area contributed by atoms with Crippen molar-refractivity contribution in [2.24, 2.45) is 0 Å². The lowest BCUT2D eigenvalue weighted by atomic mass is 10.2. The minimum atomic E-state index is -0.0726. The highest BCUT2D eigenvalue weighted by molar-refractivity contribution is 7.99. The molecule has 2 aromatic carbocycles. The van der Waals surface area contributed by atoms with Crippen molar-refractivity contribution in [3.63, 3.8) is 0 Å². The maximum Gasteiger partial charge on any atom is 0.257 e. The third-order valence-corrected chi connectivity index (χ3v) is 5.76. The van der Waals surface area contributed by atoms with Gasteiger partial charge in [0.25, 0.3) is 5.22 Å². The average molecular weight is 397 g/mol. The number of fused-ring (bicyclic) bond motifs is 1. The molecular weight excluding hydrogens is 372 g/mol. The predicted molar refractivity (Wildman–Crippen MR) is 114 cm³/mol. The number of rotatable bonds is 6. The number of oxazole rings is 1. The molecule has 1 N–H and O–H groups in total. The molecule has 1 aromatic heterocycles. The Morgan fingerprint density at radius 2 is 1.86 bits per heavy atom. The standard InChI is InChI=1S/C21H24N4O2S/c1-2-24-11-13-25(14-12-24)17-9-7-16(8-10-17)22-20(26)15-28-21-23-18-5-3-4-6-19(18)27-21/h3-10H,2,11-15H2,1H3,(H,22,26). The molecule has 1 aliphatic rings. The topological polar surface area (TPSA) is 61.6 Å². The molecule has 0 atom stereocenters. The van der Waals surface area contributed by atoms with Gasteiger partial charge in [0.2, 0.25) is 5.91 Å². The number of hydrogen-bond donors (Lipinski definition) is 1. The van der Waals surface area contributed by atoms with Crippen LogP contribution >= 0.6 is 11.8 Å². The Hall–Kier alpha value is -2.51. The van der Waals surface area contributed by atoms with Gasteiger partial charge < -0.3 is 19.5 Å². The second-order valence-electron chi connectivity index (χ2n) is 6.75. The van der Waals surface area contributed by atoms with E-state index in [0.717, 1.165) is 49.5 Å². The molecule has 0 radical (unpaired) electrons. The zero-order chi connectivity index (χ0) is 19.3. The van der Waals surface area contributed by atoms with Crippen LogP contribution in [0.5, 0.6) is 0 Å². The van der Waals surface area contributed by atoms with Crippen LogP contribution in [0.1, 0.15) is 6.92 Å². The Morgan fingerprint density at radius 1 is 1.11 bits per heavy atom. The summed E-state index contributed by atoms with van der Waals surface area (Å²) >= 11 is 1.30. The molecule has 0 saturated carbocycles. The van der Waals surface area contributed by atoms with Crippen LogP contribution in [0.4, 0.5) is 11.4 Å². The van der Waals surface area contributed by atoms with Crippen molar-refractivity contribution in [3.8, 4) is 0 Å². The Bertz CT molecular complexity index is 900. The van der Waals surface area contributed by atoms with E-state index in [1.165, 1.54) is 17.4 Å². The molecule has 2 heterocycles. The number of carbonyl (C=O) groups excluding carboxylic acids is 1. The molecule has 0 spiro atoms. The van der Waals surface area contributed by atoms with E-state index in [4.69, 9.17) is 4.42 Å². The van der Waals surface area contributed by atoms with Gasteiger partial charge in [0.05, 0.1) is 5.75 Å². The Kier molecular flexibility index (Phi) is 5.83. The number of anilines is 2. The maximum absolute atomic E-state index is 12.2. The minimum absolute atomic E-state index is 0.0726. The minimum Gasteiger partial charge on any atom is -0.431 e. The second-order valence-corrected chi connectivity index (χ2v) is 7.68. The molecule has 1 amide bonds. The van der Waals surface area contributed by atoms with Crippen molar-refractivity contribution < 1.29 is 9.21 Å². The SMILES string of the molecule is CCN1CCN(c2ccc(NC(=O)CSc3nc4ccccc4o3)cc2)CC1. The summed E-state index contributed by atoms with van der Waals surface area (Å²) < 4.78 is 5.63. The van der Waals surface area contributed by atoms with Gasteiger partial charge in [-0.3, -0.25) is 4.79 Å². The van der Waals surface area contributed by atoms with Crippen LogP contribution in [0.2, 0.25) is 0 Å². The summed E-state index contributed by atoms with van der Waals surface area (Å²) in [5, 5.41) is 3.45. The molecule has 0 unspecified atom stereocenters. The zero-order valence-electron chi connectivity index (χ0n) is 15.9. The molecule has 0 aliphatic carbocycles. The first-order valence-electron chi connectivity index (χ1n) is 9.57. The molecule has 1 saturated heterocycles. The summed E-state index contributed by atoms with van der Waals surface area (Å²) in [5.74, 6) is 0.185. The van der Waals surface area contributed by atoms with Crippen LogP contribution in [0.15, 0.2) is 58.2 Å². The number of para-hydroxylation sites is 2. The van der Waals surface area contributed by atoms with Crippen LogP contribution in [0.3, 0.4) is 0 Å². The van der Waals surface area contributed by atoms with Gasteiger partial charge in [0, 0.05) is 37.6 Å². The normalized spacial score (nSPS) is 15.1. The van der Waals surface area contributed by atoms with Gasteiger partial charge in [-0.15, -0.1) is 0 Å².